The van der Waals surface area contributed by atoms with Crippen molar-refractivity contribution in [2.45, 2.75) is 38.6 Å². The third-order valence-electron chi connectivity index (χ3n) is 3.99. The third-order valence-corrected chi connectivity index (χ3v) is 3.99. The SMILES string of the molecule is CC[C@H](C)c1ccccc1OCC(=O)N1CC[C@@H](N)C1. The molecule has 0 saturated carbocycles. The molecule has 0 aromatic heterocycles. The number of hydrogen-bond acceptors (Lipinski definition) is 3. The lowest BCUT2D eigenvalue weighted by molar-refractivity contribution is -0.132. The van der Waals surface area contributed by atoms with Crippen molar-refractivity contribution in [2.75, 3.05) is 19.7 Å². The Bertz CT molecular complexity index is 462. The van der Waals surface area contributed by atoms with Crippen molar-refractivity contribution < 1.29 is 9.53 Å². The Balaban J connectivity index is 1.95. The molecule has 0 aliphatic carbocycles. The van der Waals surface area contributed by atoms with Crippen LogP contribution >= 0.6 is 0 Å². The number of hydrogen-bond donors (Lipinski definition) is 1. The number of ether oxygens (including phenoxy) is 1. The maximum atomic E-state index is 12.1. The van der Waals surface area contributed by atoms with E-state index >= 15 is 0 Å². The summed E-state index contributed by atoms with van der Waals surface area (Å²) in [5, 5.41) is 0. The van der Waals surface area contributed by atoms with Gasteiger partial charge < -0.3 is 15.4 Å². The number of carbonyl (C=O) groups is 1. The minimum Gasteiger partial charge on any atom is -0.483 e. The molecule has 1 aromatic carbocycles. The fourth-order valence-electron chi connectivity index (χ4n) is 2.48. The topological polar surface area (TPSA) is 55.6 Å². The first-order valence-electron chi connectivity index (χ1n) is 7.37. The predicted molar refractivity (Wildman–Crippen MR) is 79.8 cm³/mol. The zero-order chi connectivity index (χ0) is 14.5. The van der Waals surface area contributed by atoms with Crippen molar-refractivity contribution in [1.82, 2.24) is 4.90 Å². The number of para-hydroxylation sites is 1. The summed E-state index contributed by atoms with van der Waals surface area (Å²) in [4.78, 5) is 13.8. The van der Waals surface area contributed by atoms with Crippen molar-refractivity contribution in [2.24, 2.45) is 5.73 Å². The molecular formula is C16H24N2O2. The van der Waals surface area contributed by atoms with E-state index < -0.39 is 0 Å². The van der Waals surface area contributed by atoms with Gasteiger partial charge in [0.2, 0.25) is 0 Å². The summed E-state index contributed by atoms with van der Waals surface area (Å²) >= 11 is 0. The summed E-state index contributed by atoms with van der Waals surface area (Å²) in [5.41, 5.74) is 6.98. The fraction of sp³-hybridized carbons (Fsp3) is 0.562. The van der Waals surface area contributed by atoms with Crippen LogP contribution in [-0.2, 0) is 4.79 Å². The Kier molecular flexibility index (Phi) is 5.01. The number of amides is 1. The smallest absolute Gasteiger partial charge is 0.260 e. The third kappa shape index (κ3) is 3.51. The van der Waals surface area contributed by atoms with Crippen LogP contribution in [0.1, 0.15) is 38.2 Å². The fourth-order valence-corrected chi connectivity index (χ4v) is 2.48. The monoisotopic (exact) mass is 276 g/mol. The standard InChI is InChI=1S/C16H24N2O2/c1-3-12(2)14-6-4-5-7-15(14)20-11-16(19)18-9-8-13(17)10-18/h4-7,12-13H,3,8-11,17H2,1-2H3/t12-,13+/m0/s1. The van der Waals surface area contributed by atoms with Gasteiger partial charge in [-0.15, -0.1) is 0 Å². The number of carbonyl (C=O) groups excluding carboxylic acids is 1. The van der Waals surface area contributed by atoms with Gasteiger partial charge in [-0.05, 0) is 30.4 Å². The molecule has 1 aliphatic rings. The minimum absolute atomic E-state index is 0.0249. The highest BCUT2D eigenvalue weighted by Crippen LogP contribution is 2.28. The quantitative estimate of drug-likeness (QED) is 0.896. The molecule has 20 heavy (non-hydrogen) atoms. The van der Waals surface area contributed by atoms with Crippen LogP contribution in [0.15, 0.2) is 24.3 Å². The molecule has 0 radical (unpaired) electrons. The highest BCUT2D eigenvalue weighted by atomic mass is 16.5. The second kappa shape index (κ2) is 6.75. The number of nitrogens with zero attached hydrogens (tertiary/aromatic N) is 1. The molecule has 1 aliphatic heterocycles. The molecule has 1 aromatic rings. The summed E-state index contributed by atoms with van der Waals surface area (Å²) in [6.07, 6.45) is 1.94. The van der Waals surface area contributed by atoms with E-state index in [1.807, 2.05) is 18.2 Å². The molecular weight excluding hydrogens is 252 g/mol. The Labute approximate surface area is 120 Å². The number of benzene rings is 1. The normalized spacial score (nSPS) is 19.9. The summed E-state index contributed by atoms with van der Waals surface area (Å²) < 4.78 is 5.74. The average molecular weight is 276 g/mol. The molecule has 4 heteroatoms. The van der Waals surface area contributed by atoms with E-state index in [9.17, 15) is 4.79 Å². The van der Waals surface area contributed by atoms with Gasteiger partial charge in [0.05, 0.1) is 0 Å². The molecule has 110 valence electrons. The largest absolute Gasteiger partial charge is 0.483 e. The van der Waals surface area contributed by atoms with Crippen LogP contribution in [0, 0.1) is 0 Å². The molecule has 0 bridgehead atoms. The van der Waals surface area contributed by atoms with Gasteiger partial charge in [0, 0.05) is 19.1 Å². The molecule has 0 unspecified atom stereocenters. The van der Waals surface area contributed by atoms with Crippen molar-refractivity contribution in [3.63, 3.8) is 0 Å². The van der Waals surface area contributed by atoms with E-state index in [-0.39, 0.29) is 18.6 Å². The predicted octanol–water partition coefficient (Wildman–Crippen LogP) is 2.14. The van der Waals surface area contributed by atoms with E-state index in [0.717, 1.165) is 25.1 Å². The Hall–Kier alpha value is -1.55. The molecule has 0 spiro atoms. The molecule has 1 fully saturated rings. The molecule has 4 nitrogen and oxygen atoms in total. The van der Waals surface area contributed by atoms with Crippen molar-refractivity contribution in [3.05, 3.63) is 29.8 Å². The van der Waals surface area contributed by atoms with Crippen LogP contribution in [0.2, 0.25) is 0 Å². The van der Waals surface area contributed by atoms with Gasteiger partial charge in [-0.1, -0.05) is 32.0 Å². The van der Waals surface area contributed by atoms with Gasteiger partial charge in [-0.3, -0.25) is 4.79 Å². The average Bonchev–Trinajstić information content (AvgIpc) is 2.91. The van der Waals surface area contributed by atoms with Crippen LogP contribution in [0.3, 0.4) is 0 Å². The van der Waals surface area contributed by atoms with Crippen molar-refractivity contribution in [1.29, 1.82) is 0 Å². The molecule has 1 amide bonds. The van der Waals surface area contributed by atoms with Gasteiger partial charge in [-0.25, -0.2) is 0 Å². The highest BCUT2D eigenvalue weighted by molar-refractivity contribution is 5.78. The summed E-state index contributed by atoms with van der Waals surface area (Å²) in [7, 11) is 0. The summed E-state index contributed by atoms with van der Waals surface area (Å²) in [5.74, 6) is 1.28. The van der Waals surface area contributed by atoms with Crippen LogP contribution in [0.4, 0.5) is 0 Å². The van der Waals surface area contributed by atoms with Crippen LogP contribution in [0.25, 0.3) is 0 Å². The van der Waals surface area contributed by atoms with Crippen molar-refractivity contribution in [3.8, 4) is 5.75 Å². The number of rotatable bonds is 5. The first kappa shape index (κ1) is 14.9. The zero-order valence-corrected chi connectivity index (χ0v) is 12.3. The first-order chi connectivity index (χ1) is 9.61. The van der Waals surface area contributed by atoms with Crippen molar-refractivity contribution >= 4 is 5.91 Å². The Morgan fingerprint density at radius 1 is 1.50 bits per heavy atom. The second-order valence-electron chi connectivity index (χ2n) is 5.52. The van der Waals surface area contributed by atoms with Gasteiger partial charge in [0.1, 0.15) is 5.75 Å². The lowest BCUT2D eigenvalue weighted by atomic mass is 9.98. The van der Waals surface area contributed by atoms with Gasteiger partial charge in [-0.2, -0.15) is 0 Å². The van der Waals surface area contributed by atoms with Crippen LogP contribution < -0.4 is 10.5 Å². The maximum Gasteiger partial charge on any atom is 0.260 e. The number of nitrogens with two attached hydrogens (primary N) is 1. The van der Waals surface area contributed by atoms with E-state index in [0.29, 0.717) is 12.5 Å². The molecule has 2 atom stereocenters. The Morgan fingerprint density at radius 3 is 2.90 bits per heavy atom. The van der Waals surface area contributed by atoms with Gasteiger partial charge in [0.25, 0.3) is 5.91 Å². The van der Waals surface area contributed by atoms with E-state index in [1.54, 1.807) is 4.90 Å². The van der Waals surface area contributed by atoms with E-state index in [1.165, 1.54) is 5.56 Å². The van der Waals surface area contributed by atoms with Gasteiger partial charge in [0.15, 0.2) is 6.61 Å². The van der Waals surface area contributed by atoms with E-state index in [4.69, 9.17) is 10.5 Å². The Morgan fingerprint density at radius 2 is 2.25 bits per heavy atom. The van der Waals surface area contributed by atoms with E-state index in [2.05, 4.69) is 19.9 Å². The maximum absolute atomic E-state index is 12.1. The van der Waals surface area contributed by atoms with Crippen LogP contribution in [0.5, 0.6) is 5.75 Å². The second-order valence-corrected chi connectivity index (χ2v) is 5.52. The molecule has 1 heterocycles. The zero-order valence-electron chi connectivity index (χ0n) is 12.3. The molecule has 2 rings (SSSR count). The lowest BCUT2D eigenvalue weighted by Crippen LogP contribution is -2.35. The number of likely N-dealkylation sites (tertiary alicyclic amines) is 1. The van der Waals surface area contributed by atoms with Gasteiger partial charge >= 0.3 is 0 Å². The van der Waals surface area contributed by atoms with Crippen LogP contribution in [-0.4, -0.2) is 36.5 Å². The molecule has 2 N–H and O–H groups in total. The summed E-state index contributed by atoms with van der Waals surface area (Å²) in [6, 6.07) is 8.07. The highest BCUT2D eigenvalue weighted by Gasteiger charge is 2.24. The first-order valence-corrected chi connectivity index (χ1v) is 7.37. The minimum atomic E-state index is 0.0249. The lowest BCUT2D eigenvalue weighted by Gasteiger charge is -2.18. The summed E-state index contributed by atoms with van der Waals surface area (Å²) in [6.45, 7) is 5.81. The molecule has 1 saturated heterocycles.